The van der Waals surface area contributed by atoms with Crippen LogP contribution in [0.3, 0.4) is 0 Å². The van der Waals surface area contributed by atoms with Crippen LogP contribution in [0.25, 0.3) is 0 Å². The molecule has 112 valence electrons. The van der Waals surface area contributed by atoms with Gasteiger partial charge in [0.15, 0.2) is 5.82 Å². The van der Waals surface area contributed by atoms with E-state index in [0.29, 0.717) is 6.54 Å². The average Bonchev–Trinajstić information content (AvgIpc) is 2.35. The molecule has 0 saturated carbocycles. The van der Waals surface area contributed by atoms with Gasteiger partial charge in [-0.05, 0) is 19.1 Å². The van der Waals surface area contributed by atoms with E-state index < -0.39 is 32.2 Å². The molecule has 0 bridgehead atoms. The number of nitrogen functional groups attached to an aromatic ring is 1. The Morgan fingerprint density at radius 1 is 1.35 bits per heavy atom. The standard InChI is InChI=1S/C11H15F2N3O3S/c1-2-15-9(17)5-6-16-20(18,19)8-4-3-7(12)11(14)10(8)13/h3-4,16H,2,5-6,14H2,1H3,(H,15,17). The lowest BCUT2D eigenvalue weighted by molar-refractivity contribution is -0.120. The van der Waals surface area contributed by atoms with Crippen LogP contribution in [0.1, 0.15) is 13.3 Å². The predicted molar refractivity (Wildman–Crippen MR) is 69.3 cm³/mol. The first-order valence-electron chi connectivity index (χ1n) is 5.79. The maximum absolute atomic E-state index is 13.6. The smallest absolute Gasteiger partial charge is 0.243 e. The Morgan fingerprint density at radius 3 is 2.60 bits per heavy atom. The second-order valence-electron chi connectivity index (χ2n) is 3.87. The minimum Gasteiger partial charge on any atom is -0.394 e. The van der Waals surface area contributed by atoms with Gasteiger partial charge in [-0.2, -0.15) is 0 Å². The van der Waals surface area contributed by atoms with Gasteiger partial charge in [-0.1, -0.05) is 0 Å². The minimum atomic E-state index is -4.19. The zero-order chi connectivity index (χ0) is 15.3. The molecule has 1 rings (SSSR count). The third-order valence-corrected chi connectivity index (χ3v) is 3.88. The van der Waals surface area contributed by atoms with Crippen molar-refractivity contribution < 1.29 is 22.0 Å². The first-order chi connectivity index (χ1) is 9.29. The van der Waals surface area contributed by atoms with E-state index in [0.717, 1.165) is 12.1 Å². The predicted octanol–water partition coefficient (Wildman–Crippen LogP) is 0.351. The van der Waals surface area contributed by atoms with Gasteiger partial charge >= 0.3 is 0 Å². The number of nitrogens with one attached hydrogen (secondary N) is 2. The molecule has 6 nitrogen and oxygen atoms in total. The highest BCUT2D eigenvalue weighted by molar-refractivity contribution is 7.89. The van der Waals surface area contributed by atoms with Crippen LogP contribution in [-0.2, 0) is 14.8 Å². The molecule has 1 amide bonds. The number of rotatable bonds is 6. The van der Waals surface area contributed by atoms with Crippen molar-refractivity contribution in [3.05, 3.63) is 23.8 Å². The first kappa shape index (κ1) is 16.3. The third-order valence-electron chi connectivity index (χ3n) is 2.40. The number of benzene rings is 1. The molecule has 0 unspecified atom stereocenters. The van der Waals surface area contributed by atoms with E-state index >= 15 is 0 Å². The van der Waals surface area contributed by atoms with Gasteiger partial charge in [0.2, 0.25) is 15.9 Å². The molecule has 0 aromatic heterocycles. The molecule has 0 radical (unpaired) electrons. The molecule has 0 heterocycles. The van der Waals surface area contributed by atoms with E-state index in [1.165, 1.54) is 0 Å². The lowest BCUT2D eigenvalue weighted by atomic mass is 10.3. The summed E-state index contributed by atoms with van der Waals surface area (Å²) in [7, 11) is -4.19. The van der Waals surface area contributed by atoms with Gasteiger partial charge in [-0.3, -0.25) is 4.79 Å². The zero-order valence-electron chi connectivity index (χ0n) is 10.7. The summed E-state index contributed by atoms with van der Waals surface area (Å²) in [6.45, 7) is 1.94. The molecule has 0 spiro atoms. The van der Waals surface area contributed by atoms with Crippen molar-refractivity contribution in [3.63, 3.8) is 0 Å². The number of nitrogens with two attached hydrogens (primary N) is 1. The molecule has 1 aromatic carbocycles. The Bertz CT molecular complexity index is 605. The highest BCUT2D eigenvalue weighted by Gasteiger charge is 2.22. The number of carbonyl (C=O) groups excluding carboxylic acids is 1. The molecule has 20 heavy (non-hydrogen) atoms. The average molecular weight is 307 g/mol. The van der Waals surface area contributed by atoms with Gasteiger partial charge in [0.05, 0.1) is 0 Å². The van der Waals surface area contributed by atoms with Crippen LogP contribution in [0.5, 0.6) is 0 Å². The van der Waals surface area contributed by atoms with Crippen LogP contribution in [0.4, 0.5) is 14.5 Å². The Labute approximate surface area is 115 Å². The highest BCUT2D eigenvalue weighted by Crippen LogP contribution is 2.22. The zero-order valence-corrected chi connectivity index (χ0v) is 11.6. The van der Waals surface area contributed by atoms with Crippen LogP contribution in [0.15, 0.2) is 17.0 Å². The molecule has 4 N–H and O–H groups in total. The van der Waals surface area contributed by atoms with E-state index in [9.17, 15) is 22.0 Å². The van der Waals surface area contributed by atoms with Crippen molar-refractivity contribution in [1.82, 2.24) is 10.0 Å². The molecule has 0 aliphatic rings. The fourth-order valence-corrected chi connectivity index (χ4v) is 2.54. The van der Waals surface area contributed by atoms with Crippen molar-refractivity contribution in [3.8, 4) is 0 Å². The molecule has 1 aromatic rings. The first-order valence-corrected chi connectivity index (χ1v) is 7.27. The van der Waals surface area contributed by atoms with Crippen molar-refractivity contribution in [2.24, 2.45) is 0 Å². The van der Waals surface area contributed by atoms with Crippen LogP contribution >= 0.6 is 0 Å². The quantitative estimate of drug-likeness (QED) is 0.660. The van der Waals surface area contributed by atoms with Crippen LogP contribution in [-0.4, -0.2) is 27.4 Å². The van der Waals surface area contributed by atoms with E-state index in [2.05, 4.69) is 5.32 Å². The lowest BCUT2D eigenvalue weighted by Crippen LogP contribution is -2.31. The van der Waals surface area contributed by atoms with Crippen molar-refractivity contribution >= 4 is 21.6 Å². The third kappa shape index (κ3) is 3.87. The maximum Gasteiger partial charge on any atom is 0.243 e. The number of halogens is 2. The summed E-state index contributed by atoms with van der Waals surface area (Å²) in [6.07, 6.45) is -0.0919. The molecule has 0 saturated heterocycles. The van der Waals surface area contributed by atoms with Gasteiger partial charge < -0.3 is 11.1 Å². The Hall–Kier alpha value is -1.74. The van der Waals surface area contributed by atoms with Gasteiger partial charge in [0.1, 0.15) is 16.4 Å². The number of hydrogen-bond acceptors (Lipinski definition) is 4. The summed E-state index contributed by atoms with van der Waals surface area (Å²) < 4.78 is 52.2. The van der Waals surface area contributed by atoms with E-state index in [1.807, 2.05) is 4.72 Å². The number of sulfonamides is 1. The summed E-state index contributed by atoms with van der Waals surface area (Å²) in [5, 5.41) is 2.48. The topological polar surface area (TPSA) is 101 Å². The highest BCUT2D eigenvalue weighted by atomic mass is 32.2. The Kier molecular flexibility index (Phi) is 5.40. The van der Waals surface area contributed by atoms with Gasteiger partial charge in [-0.15, -0.1) is 0 Å². The second kappa shape index (κ2) is 6.62. The van der Waals surface area contributed by atoms with E-state index in [1.54, 1.807) is 6.92 Å². The Balaban J connectivity index is 2.80. The van der Waals surface area contributed by atoms with Crippen molar-refractivity contribution in [2.75, 3.05) is 18.8 Å². The monoisotopic (exact) mass is 307 g/mol. The van der Waals surface area contributed by atoms with E-state index in [-0.39, 0.29) is 18.9 Å². The van der Waals surface area contributed by atoms with Gasteiger partial charge in [0.25, 0.3) is 0 Å². The van der Waals surface area contributed by atoms with Crippen LogP contribution in [0, 0.1) is 11.6 Å². The number of hydrogen-bond donors (Lipinski definition) is 3. The molecule has 9 heteroatoms. The lowest BCUT2D eigenvalue weighted by Gasteiger charge is -2.09. The fraction of sp³-hybridized carbons (Fsp3) is 0.364. The molecule has 0 aliphatic heterocycles. The Morgan fingerprint density at radius 2 is 2.00 bits per heavy atom. The van der Waals surface area contributed by atoms with Crippen molar-refractivity contribution in [1.29, 1.82) is 0 Å². The van der Waals surface area contributed by atoms with Crippen LogP contribution < -0.4 is 15.8 Å². The number of amides is 1. The summed E-state index contributed by atoms with van der Waals surface area (Å²) in [4.78, 5) is 10.4. The largest absolute Gasteiger partial charge is 0.394 e. The number of anilines is 1. The normalized spacial score (nSPS) is 11.3. The van der Waals surface area contributed by atoms with Gasteiger partial charge in [-0.25, -0.2) is 21.9 Å². The van der Waals surface area contributed by atoms with E-state index in [4.69, 9.17) is 5.73 Å². The molecule has 0 atom stereocenters. The summed E-state index contributed by atoms with van der Waals surface area (Å²) >= 11 is 0. The van der Waals surface area contributed by atoms with Crippen LogP contribution in [0.2, 0.25) is 0 Å². The van der Waals surface area contributed by atoms with Gasteiger partial charge in [0, 0.05) is 19.5 Å². The number of carbonyl (C=O) groups is 1. The summed E-state index contributed by atoms with van der Waals surface area (Å²) in [5.74, 6) is -2.73. The fourth-order valence-electron chi connectivity index (χ4n) is 1.42. The minimum absolute atomic E-state index is 0.0919. The maximum atomic E-state index is 13.6. The molecular weight excluding hydrogens is 292 g/mol. The second-order valence-corrected chi connectivity index (χ2v) is 5.61. The summed E-state index contributed by atoms with van der Waals surface area (Å²) in [6, 6.07) is 1.53. The SMILES string of the molecule is CCNC(=O)CCNS(=O)(=O)c1ccc(F)c(N)c1F. The van der Waals surface area contributed by atoms with Crippen molar-refractivity contribution in [2.45, 2.75) is 18.2 Å². The summed E-state index contributed by atoms with van der Waals surface area (Å²) in [5.41, 5.74) is 4.23. The molecule has 0 aliphatic carbocycles. The molecule has 0 fully saturated rings. The molecular formula is C11H15F2N3O3S.